The predicted molar refractivity (Wildman–Crippen MR) is 144 cm³/mol. The van der Waals surface area contributed by atoms with Gasteiger partial charge in [0, 0.05) is 17.1 Å². The van der Waals surface area contributed by atoms with Crippen LogP contribution in [0.15, 0.2) is 23.3 Å². The molecule has 0 aromatic heterocycles. The third-order valence-electron chi connectivity index (χ3n) is 5.68. The zero-order valence-electron chi connectivity index (χ0n) is 20.0. The molecule has 0 aliphatic heterocycles. The maximum atomic E-state index is 9.74. The number of nitrogens with one attached hydrogen (secondary N) is 2. The second kappa shape index (κ2) is 20.3. The molecule has 1 aromatic rings. The fourth-order valence-corrected chi connectivity index (χ4v) is 4.04. The van der Waals surface area contributed by atoms with E-state index in [2.05, 4.69) is 22.8 Å². The van der Waals surface area contributed by atoms with Crippen LogP contribution in [0, 0.1) is 0 Å². The molecule has 0 heterocycles. The fraction of sp³-hybridized carbons (Fsp3) is 0.692. The van der Waals surface area contributed by atoms with Crippen molar-refractivity contribution in [2.75, 3.05) is 6.54 Å². The van der Waals surface area contributed by atoms with E-state index in [-0.39, 0.29) is 5.75 Å². The van der Waals surface area contributed by atoms with Crippen LogP contribution in [0.25, 0.3) is 0 Å². The van der Waals surface area contributed by atoms with Gasteiger partial charge in [-0.15, -0.1) is 0 Å². The van der Waals surface area contributed by atoms with Gasteiger partial charge in [0.2, 0.25) is 0 Å². The van der Waals surface area contributed by atoms with Crippen molar-refractivity contribution in [3.63, 3.8) is 0 Å². The number of hydrogen-bond donors (Lipinski definition) is 3. The topological polar surface area (TPSA) is 56.7 Å². The molecular formula is C26H44ClN3OS. The molecule has 1 rings (SSSR count). The number of thiocarbonyl (C=S) groups is 1. The standard InChI is InChI=1S/C26H44ClN3OS/c1-2-3-4-5-6-7-8-9-10-11-12-13-14-15-16-17-20-28-26(32)30-29-22-23-21-24(27)18-19-25(23)31/h18-19,21-22,31H,2-17,20H2,1H3,(H2,28,30,32)/b29-22-. The van der Waals surface area contributed by atoms with E-state index in [0.29, 0.717) is 15.7 Å². The molecule has 1 aromatic carbocycles. The quantitative estimate of drug-likeness (QED) is 0.0807. The number of rotatable bonds is 19. The minimum atomic E-state index is 0.131. The average Bonchev–Trinajstić information content (AvgIpc) is 2.78. The van der Waals surface area contributed by atoms with Crippen molar-refractivity contribution in [2.45, 2.75) is 110 Å². The molecule has 0 atom stereocenters. The Bertz CT molecular complexity index is 639. The summed E-state index contributed by atoms with van der Waals surface area (Å²) in [4.78, 5) is 0. The number of aromatic hydroxyl groups is 1. The van der Waals surface area contributed by atoms with Crippen molar-refractivity contribution in [1.29, 1.82) is 0 Å². The summed E-state index contributed by atoms with van der Waals surface area (Å²) >= 11 is 11.1. The summed E-state index contributed by atoms with van der Waals surface area (Å²) in [6.07, 6.45) is 23.4. The van der Waals surface area contributed by atoms with Gasteiger partial charge in [-0.05, 0) is 36.8 Å². The van der Waals surface area contributed by atoms with Crippen molar-refractivity contribution in [2.24, 2.45) is 5.10 Å². The lowest BCUT2D eigenvalue weighted by Crippen LogP contribution is -2.32. The van der Waals surface area contributed by atoms with Gasteiger partial charge in [-0.25, -0.2) is 0 Å². The third-order valence-corrected chi connectivity index (χ3v) is 6.15. The van der Waals surface area contributed by atoms with Crippen LogP contribution in [0.3, 0.4) is 0 Å². The lowest BCUT2D eigenvalue weighted by molar-refractivity contribution is 0.474. The third kappa shape index (κ3) is 16.3. The van der Waals surface area contributed by atoms with Crippen LogP contribution in [0.4, 0.5) is 0 Å². The van der Waals surface area contributed by atoms with Crippen LogP contribution >= 0.6 is 23.8 Å². The molecule has 6 heteroatoms. The van der Waals surface area contributed by atoms with Crippen molar-refractivity contribution in [3.05, 3.63) is 28.8 Å². The smallest absolute Gasteiger partial charge is 0.186 e. The summed E-state index contributed by atoms with van der Waals surface area (Å²) in [7, 11) is 0. The second-order valence-corrected chi connectivity index (χ2v) is 9.48. The normalized spacial score (nSPS) is 11.2. The molecule has 0 spiro atoms. The molecule has 0 unspecified atom stereocenters. The molecule has 0 saturated heterocycles. The van der Waals surface area contributed by atoms with Gasteiger partial charge in [-0.3, -0.25) is 5.43 Å². The van der Waals surface area contributed by atoms with E-state index in [1.807, 2.05) is 0 Å². The number of hydrazone groups is 1. The van der Waals surface area contributed by atoms with Gasteiger partial charge in [0.25, 0.3) is 0 Å². The van der Waals surface area contributed by atoms with Crippen LogP contribution in [0.1, 0.15) is 115 Å². The maximum Gasteiger partial charge on any atom is 0.186 e. The highest BCUT2D eigenvalue weighted by molar-refractivity contribution is 7.80. The van der Waals surface area contributed by atoms with Crippen LogP contribution in [0.5, 0.6) is 5.75 Å². The molecule has 0 fully saturated rings. The number of benzene rings is 1. The Morgan fingerprint density at radius 3 is 1.91 bits per heavy atom. The summed E-state index contributed by atoms with van der Waals surface area (Å²) in [5, 5.41) is 18.0. The fourth-order valence-electron chi connectivity index (χ4n) is 3.70. The Kier molecular flexibility index (Phi) is 18.2. The summed E-state index contributed by atoms with van der Waals surface area (Å²) in [6.45, 7) is 3.13. The zero-order valence-corrected chi connectivity index (χ0v) is 21.6. The van der Waals surface area contributed by atoms with Crippen LogP contribution < -0.4 is 10.7 Å². The molecule has 0 aliphatic rings. The number of halogens is 1. The Morgan fingerprint density at radius 1 is 0.875 bits per heavy atom. The van der Waals surface area contributed by atoms with Gasteiger partial charge < -0.3 is 10.4 Å². The Hall–Kier alpha value is -1.33. The number of phenolic OH excluding ortho intramolecular Hbond substituents is 1. The first-order chi connectivity index (χ1) is 15.6. The van der Waals surface area contributed by atoms with Crippen molar-refractivity contribution < 1.29 is 5.11 Å². The number of hydrogen-bond acceptors (Lipinski definition) is 3. The number of phenols is 1. The first kappa shape index (κ1) is 28.7. The van der Waals surface area contributed by atoms with Crippen molar-refractivity contribution in [1.82, 2.24) is 10.7 Å². The van der Waals surface area contributed by atoms with E-state index in [0.717, 1.165) is 13.0 Å². The van der Waals surface area contributed by atoms with Crippen LogP contribution in [-0.2, 0) is 0 Å². The molecule has 0 saturated carbocycles. The first-order valence-electron chi connectivity index (χ1n) is 12.7. The molecule has 0 radical (unpaired) electrons. The number of nitrogens with zero attached hydrogens (tertiary/aromatic N) is 1. The molecule has 32 heavy (non-hydrogen) atoms. The highest BCUT2D eigenvalue weighted by Gasteiger charge is 1.99. The van der Waals surface area contributed by atoms with E-state index in [1.54, 1.807) is 12.1 Å². The lowest BCUT2D eigenvalue weighted by Gasteiger charge is -2.07. The highest BCUT2D eigenvalue weighted by Crippen LogP contribution is 2.19. The van der Waals surface area contributed by atoms with Gasteiger partial charge in [-0.2, -0.15) is 5.10 Å². The van der Waals surface area contributed by atoms with E-state index in [1.165, 1.54) is 109 Å². The monoisotopic (exact) mass is 481 g/mol. The summed E-state index contributed by atoms with van der Waals surface area (Å²) in [5.74, 6) is 0.131. The van der Waals surface area contributed by atoms with E-state index in [4.69, 9.17) is 23.8 Å². The maximum absolute atomic E-state index is 9.74. The van der Waals surface area contributed by atoms with Crippen molar-refractivity contribution in [3.8, 4) is 5.75 Å². The van der Waals surface area contributed by atoms with Gasteiger partial charge in [-0.1, -0.05) is 115 Å². The highest BCUT2D eigenvalue weighted by atomic mass is 35.5. The van der Waals surface area contributed by atoms with E-state index < -0.39 is 0 Å². The van der Waals surface area contributed by atoms with E-state index >= 15 is 0 Å². The average molecular weight is 482 g/mol. The molecule has 3 N–H and O–H groups in total. The summed E-state index contributed by atoms with van der Waals surface area (Å²) in [6, 6.07) is 4.82. The van der Waals surface area contributed by atoms with Crippen molar-refractivity contribution >= 4 is 35.1 Å². The Balaban J connectivity index is 1.85. The second-order valence-electron chi connectivity index (χ2n) is 8.63. The van der Waals surface area contributed by atoms with Crippen LogP contribution in [0.2, 0.25) is 5.02 Å². The molecule has 0 amide bonds. The minimum absolute atomic E-state index is 0.131. The SMILES string of the molecule is CCCCCCCCCCCCCCCCCCNC(=S)N/N=C\c1cc(Cl)ccc1O. The minimum Gasteiger partial charge on any atom is -0.507 e. The first-order valence-corrected chi connectivity index (χ1v) is 13.5. The van der Waals surface area contributed by atoms with Gasteiger partial charge in [0.1, 0.15) is 5.75 Å². The Morgan fingerprint density at radius 2 is 1.38 bits per heavy atom. The van der Waals surface area contributed by atoms with E-state index in [9.17, 15) is 5.11 Å². The number of unbranched alkanes of at least 4 members (excludes halogenated alkanes) is 15. The Labute approximate surface area is 206 Å². The molecule has 0 aliphatic carbocycles. The molecule has 182 valence electrons. The predicted octanol–water partition coefficient (Wildman–Crippen LogP) is 8.11. The lowest BCUT2D eigenvalue weighted by atomic mass is 10.0. The summed E-state index contributed by atoms with van der Waals surface area (Å²) < 4.78 is 0. The van der Waals surface area contributed by atoms with Gasteiger partial charge in [0.15, 0.2) is 5.11 Å². The molecule has 0 bridgehead atoms. The summed E-state index contributed by atoms with van der Waals surface area (Å²) in [5.41, 5.74) is 3.31. The van der Waals surface area contributed by atoms with Gasteiger partial charge >= 0.3 is 0 Å². The largest absolute Gasteiger partial charge is 0.507 e. The molecular weight excluding hydrogens is 438 g/mol. The van der Waals surface area contributed by atoms with Gasteiger partial charge in [0.05, 0.1) is 6.21 Å². The molecule has 4 nitrogen and oxygen atoms in total. The zero-order chi connectivity index (χ0) is 23.3. The van der Waals surface area contributed by atoms with Crippen LogP contribution in [-0.4, -0.2) is 23.0 Å².